The van der Waals surface area contributed by atoms with Gasteiger partial charge < -0.3 is 10.6 Å². The van der Waals surface area contributed by atoms with Crippen molar-refractivity contribution >= 4 is 9.84 Å². The highest BCUT2D eigenvalue weighted by molar-refractivity contribution is 7.91. The highest BCUT2D eigenvalue weighted by Gasteiger charge is 2.26. The molecule has 1 aliphatic rings. The molecule has 2 N–H and O–H groups in total. The van der Waals surface area contributed by atoms with Gasteiger partial charge in [0.25, 0.3) is 0 Å². The molecule has 118 valence electrons. The van der Waals surface area contributed by atoms with Gasteiger partial charge in [0, 0.05) is 19.6 Å². The van der Waals surface area contributed by atoms with E-state index in [0.29, 0.717) is 29.8 Å². The van der Waals surface area contributed by atoms with Crippen LogP contribution in [0.1, 0.15) is 25.8 Å². The minimum absolute atomic E-state index is 0.194. The van der Waals surface area contributed by atoms with Crippen LogP contribution in [0.3, 0.4) is 0 Å². The topological polar surface area (TPSA) is 63.4 Å². The lowest BCUT2D eigenvalue weighted by Crippen LogP contribution is -2.28. The molecule has 2 rings (SSSR count). The van der Waals surface area contributed by atoms with Crippen molar-refractivity contribution in [2.45, 2.75) is 31.7 Å². The number of nitrogens with two attached hydrogens (primary N) is 1. The second-order valence-electron chi connectivity index (χ2n) is 6.26. The normalized spacial score (nSPS) is 20.3. The molecule has 1 atom stereocenters. The predicted molar refractivity (Wildman–Crippen MR) is 85.8 cm³/mol. The van der Waals surface area contributed by atoms with E-state index in [0.717, 1.165) is 18.7 Å². The Hall–Kier alpha value is -0.910. The summed E-state index contributed by atoms with van der Waals surface area (Å²) in [5, 5.41) is 0. The van der Waals surface area contributed by atoms with Crippen LogP contribution in [0, 0.1) is 11.8 Å². The molecular weight excluding hydrogens is 284 g/mol. The highest BCUT2D eigenvalue weighted by atomic mass is 32.2. The van der Waals surface area contributed by atoms with Gasteiger partial charge in [0.15, 0.2) is 9.84 Å². The fourth-order valence-electron chi connectivity index (χ4n) is 2.81. The van der Waals surface area contributed by atoms with Crippen LogP contribution in [0.25, 0.3) is 0 Å². The third-order valence-corrected chi connectivity index (χ3v) is 6.16. The third-order valence-electron chi connectivity index (χ3n) is 4.45. The smallest absolute Gasteiger partial charge is 0.179 e. The first-order chi connectivity index (χ1) is 9.92. The zero-order chi connectivity index (χ0) is 15.5. The molecule has 1 aromatic rings. The number of likely N-dealkylation sites (tertiary alicyclic amines) is 1. The second kappa shape index (κ2) is 6.90. The van der Waals surface area contributed by atoms with Crippen molar-refractivity contribution in [1.82, 2.24) is 4.90 Å². The van der Waals surface area contributed by atoms with E-state index in [1.165, 1.54) is 6.42 Å². The molecule has 5 heteroatoms. The van der Waals surface area contributed by atoms with E-state index in [1.807, 2.05) is 0 Å². The van der Waals surface area contributed by atoms with E-state index >= 15 is 0 Å². The second-order valence-corrected chi connectivity index (χ2v) is 8.37. The molecule has 4 nitrogen and oxygen atoms in total. The van der Waals surface area contributed by atoms with Crippen molar-refractivity contribution < 1.29 is 8.42 Å². The largest absolute Gasteiger partial charge is 0.326 e. The fraction of sp³-hybridized carbons (Fsp3) is 0.625. The van der Waals surface area contributed by atoms with Crippen LogP contribution in [0.2, 0.25) is 0 Å². The summed E-state index contributed by atoms with van der Waals surface area (Å²) in [6.45, 7) is 7.59. The van der Waals surface area contributed by atoms with Crippen molar-refractivity contribution in [2.24, 2.45) is 17.6 Å². The molecule has 1 aromatic carbocycles. The molecule has 0 aliphatic carbocycles. The monoisotopic (exact) mass is 310 g/mol. The molecule has 1 heterocycles. The number of benzene rings is 1. The zero-order valence-electron chi connectivity index (χ0n) is 13.0. The Morgan fingerprint density at radius 2 is 1.95 bits per heavy atom. The van der Waals surface area contributed by atoms with Gasteiger partial charge in [-0.05, 0) is 42.5 Å². The summed E-state index contributed by atoms with van der Waals surface area (Å²) in [6.07, 6.45) is 1.18. The van der Waals surface area contributed by atoms with Crippen molar-refractivity contribution in [3.63, 3.8) is 0 Å². The van der Waals surface area contributed by atoms with Crippen LogP contribution < -0.4 is 5.73 Å². The minimum atomic E-state index is -3.19. The maximum atomic E-state index is 12.3. The Balaban J connectivity index is 1.92. The highest BCUT2D eigenvalue weighted by Crippen LogP contribution is 2.23. The van der Waals surface area contributed by atoms with Crippen LogP contribution >= 0.6 is 0 Å². The van der Waals surface area contributed by atoms with Crippen molar-refractivity contribution in [2.75, 3.05) is 25.4 Å². The Bertz CT molecular complexity index is 552. The predicted octanol–water partition coefficient (Wildman–Crippen LogP) is 1.90. The van der Waals surface area contributed by atoms with Gasteiger partial charge in [-0.25, -0.2) is 8.42 Å². The summed E-state index contributed by atoms with van der Waals surface area (Å²) >= 11 is 0. The molecule has 1 saturated heterocycles. The summed E-state index contributed by atoms with van der Waals surface area (Å²) in [6, 6.07) is 6.91. The maximum absolute atomic E-state index is 12.3. The van der Waals surface area contributed by atoms with Crippen LogP contribution in [0.15, 0.2) is 29.2 Å². The number of nitrogens with zero attached hydrogens (tertiary/aromatic N) is 1. The lowest BCUT2D eigenvalue weighted by molar-refractivity contribution is 0.317. The Morgan fingerprint density at radius 1 is 1.29 bits per heavy atom. The Morgan fingerprint density at radius 3 is 2.48 bits per heavy atom. The van der Waals surface area contributed by atoms with Gasteiger partial charge in [-0.3, -0.25) is 0 Å². The first-order valence-corrected chi connectivity index (χ1v) is 9.31. The molecule has 0 spiro atoms. The first kappa shape index (κ1) is 16.5. The first-order valence-electron chi connectivity index (χ1n) is 7.66. The van der Waals surface area contributed by atoms with Crippen LogP contribution in [-0.2, 0) is 16.4 Å². The molecule has 21 heavy (non-hydrogen) atoms. The number of sulfone groups is 1. The number of hydrogen-bond acceptors (Lipinski definition) is 4. The lowest BCUT2D eigenvalue weighted by atomic mass is 9.95. The average Bonchev–Trinajstić information content (AvgIpc) is 2.94. The van der Waals surface area contributed by atoms with Gasteiger partial charge in [-0.2, -0.15) is 0 Å². The molecule has 1 aliphatic heterocycles. The van der Waals surface area contributed by atoms with Gasteiger partial charge in [0.1, 0.15) is 0 Å². The molecule has 0 aromatic heterocycles. The van der Waals surface area contributed by atoms with Gasteiger partial charge in [0.05, 0.1) is 10.6 Å². The molecule has 0 radical (unpaired) electrons. The van der Waals surface area contributed by atoms with Crippen LogP contribution in [-0.4, -0.2) is 38.7 Å². The van der Waals surface area contributed by atoms with Crippen molar-refractivity contribution in [3.05, 3.63) is 29.8 Å². The third kappa shape index (κ3) is 4.28. The van der Waals surface area contributed by atoms with E-state index in [4.69, 9.17) is 5.73 Å². The average molecular weight is 310 g/mol. The Labute approximate surface area is 128 Å². The van der Waals surface area contributed by atoms with E-state index < -0.39 is 9.84 Å². The molecular formula is C16H26N2O2S. The molecule has 0 saturated carbocycles. The minimum Gasteiger partial charge on any atom is -0.326 e. The van der Waals surface area contributed by atoms with Crippen LogP contribution in [0.4, 0.5) is 0 Å². The Kier molecular flexibility index (Phi) is 5.41. The standard InChI is InChI=1S/C16H26N2O2S/c1-13(2)15-7-8-18(12-15)9-10-21(19,20)16-5-3-14(11-17)4-6-16/h3-6,13,15H,7-12,17H2,1-2H3. The maximum Gasteiger partial charge on any atom is 0.179 e. The summed E-state index contributed by atoms with van der Waals surface area (Å²) in [5.41, 5.74) is 6.48. The fourth-order valence-corrected chi connectivity index (χ4v) is 4.09. The van der Waals surface area contributed by atoms with E-state index in [9.17, 15) is 8.42 Å². The van der Waals surface area contributed by atoms with E-state index in [2.05, 4.69) is 18.7 Å². The van der Waals surface area contributed by atoms with Crippen LogP contribution in [0.5, 0.6) is 0 Å². The van der Waals surface area contributed by atoms with Gasteiger partial charge in [-0.1, -0.05) is 26.0 Å². The lowest BCUT2D eigenvalue weighted by Gasteiger charge is -2.17. The SMILES string of the molecule is CC(C)C1CCN(CCS(=O)(=O)c2ccc(CN)cc2)C1. The summed E-state index contributed by atoms with van der Waals surface area (Å²) in [5.74, 6) is 1.58. The van der Waals surface area contributed by atoms with Crippen molar-refractivity contribution in [3.8, 4) is 0 Å². The summed E-state index contributed by atoms with van der Waals surface area (Å²) in [7, 11) is -3.19. The quantitative estimate of drug-likeness (QED) is 0.871. The van der Waals surface area contributed by atoms with Gasteiger partial charge in [-0.15, -0.1) is 0 Å². The summed E-state index contributed by atoms with van der Waals surface area (Å²) in [4.78, 5) is 2.68. The zero-order valence-corrected chi connectivity index (χ0v) is 13.8. The summed E-state index contributed by atoms with van der Waals surface area (Å²) < 4.78 is 24.7. The van der Waals surface area contributed by atoms with E-state index in [-0.39, 0.29) is 5.75 Å². The number of hydrogen-bond donors (Lipinski definition) is 1. The molecule has 0 amide bonds. The van der Waals surface area contributed by atoms with Gasteiger partial charge >= 0.3 is 0 Å². The molecule has 0 bridgehead atoms. The molecule has 1 fully saturated rings. The van der Waals surface area contributed by atoms with E-state index in [1.54, 1.807) is 24.3 Å². The number of rotatable bonds is 6. The van der Waals surface area contributed by atoms with Crippen molar-refractivity contribution in [1.29, 1.82) is 0 Å². The van der Waals surface area contributed by atoms with Gasteiger partial charge in [0.2, 0.25) is 0 Å². The molecule has 1 unspecified atom stereocenters.